The van der Waals surface area contributed by atoms with Crippen LogP contribution in [0.1, 0.15) is 13.3 Å². The molecule has 0 aliphatic heterocycles. The highest BCUT2D eigenvalue weighted by Crippen LogP contribution is 2.24. The Kier molecular flexibility index (Phi) is 3.81. The molecule has 0 saturated carbocycles. The topological polar surface area (TPSA) is 62.2 Å². The van der Waals surface area contributed by atoms with E-state index in [1.54, 1.807) is 6.20 Å². The number of carboxylic acid groups (broad SMARTS) is 1. The van der Waals surface area contributed by atoms with Crippen molar-refractivity contribution in [2.45, 2.75) is 19.4 Å². The van der Waals surface area contributed by atoms with E-state index in [2.05, 4.69) is 26.2 Å². The van der Waals surface area contributed by atoms with Crippen LogP contribution in [0.4, 0.5) is 5.69 Å². The third kappa shape index (κ3) is 2.61. The predicted octanol–water partition coefficient (Wildman–Crippen LogP) is 3.27. The fraction of sp³-hybridized carbons (Fsp3) is 0.231. The van der Waals surface area contributed by atoms with Crippen molar-refractivity contribution >= 4 is 38.5 Å². The highest BCUT2D eigenvalue weighted by atomic mass is 79.9. The standard InChI is InChI=1S/C13H13BrN2O2/c1-2-10(13(17)18)16-11-5-3-4-8-6-9(14)7-15-12(8)11/h3-7,10,16H,2H2,1H3,(H,17,18). The monoisotopic (exact) mass is 308 g/mol. The normalized spacial score (nSPS) is 12.3. The average Bonchev–Trinajstić information content (AvgIpc) is 2.35. The van der Waals surface area contributed by atoms with Gasteiger partial charge in [-0.3, -0.25) is 4.98 Å². The number of carbonyl (C=O) groups is 1. The number of benzene rings is 1. The number of hydrogen-bond acceptors (Lipinski definition) is 3. The molecule has 0 bridgehead atoms. The SMILES string of the molecule is CCC(Nc1cccc2cc(Br)cnc12)C(=O)O. The number of carboxylic acids is 1. The molecule has 1 atom stereocenters. The molecular formula is C13H13BrN2O2. The molecule has 4 nitrogen and oxygen atoms in total. The van der Waals surface area contributed by atoms with Gasteiger partial charge in [0, 0.05) is 16.1 Å². The summed E-state index contributed by atoms with van der Waals surface area (Å²) in [5, 5.41) is 13.0. The fourth-order valence-corrected chi connectivity index (χ4v) is 2.13. The van der Waals surface area contributed by atoms with Crippen molar-refractivity contribution in [2.75, 3.05) is 5.32 Å². The number of rotatable bonds is 4. The average molecular weight is 309 g/mol. The second kappa shape index (κ2) is 5.35. The molecule has 0 saturated heterocycles. The third-order valence-electron chi connectivity index (χ3n) is 2.71. The lowest BCUT2D eigenvalue weighted by Gasteiger charge is -2.15. The lowest BCUT2D eigenvalue weighted by atomic mass is 10.1. The lowest BCUT2D eigenvalue weighted by molar-refractivity contribution is -0.137. The minimum Gasteiger partial charge on any atom is -0.480 e. The fourth-order valence-electron chi connectivity index (χ4n) is 1.78. The minimum atomic E-state index is -0.855. The second-order valence-electron chi connectivity index (χ2n) is 3.97. The molecule has 18 heavy (non-hydrogen) atoms. The summed E-state index contributed by atoms with van der Waals surface area (Å²) < 4.78 is 0.900. The first-order chi connectivity index (χ1) is 8.61. The van der Waals surface area contributed by atoms with Gasteiger partial charge in [0.1, 0.15) is 6.04 Å². The van der Waals surface area contributed by atoms with E-state index >= 15 is 0 Å². The Morgan fingerprint density at radius 1 is 1.56 bits per heavy atom. The number of aliphatic carboxylic acids is 1. The smallest absolute Gasteiger partial charge is 0.326 e. The molecule has 1 unspecified atom stereocenters. The quantitative estimate of drug-likeness (QED) is 0.910. The lowest BCUT2D eigenvalue weighted by Crippen LogP contribution is -2.28. The molecule has 0 spiro atoms. The van der Waals surface area contributed by atoms with Crippen LogP contribution in [-0.4, -0.2) is 22.1 Å². The first-order valence-corrected chi connectivity index (χ1v) is 6.44. The zero-order valence-corrected chi connectivity index (χ0v) is 11.4. The summed E-state index contributed by atoms with van der Waals surface area (Å²) in [5.74, 6) is -0.855. The maximum Gasteiger partial charge on any atom is 0.326 e. The van der Waals surface area contributed by atoms with E-state index in [4.69, 9.17) is 5.11 Å². The largest absolute Gasteiger partial charge is 0.480 e. The van der Waals surface area contributed by atoms with Crippen LogP contribution in [0.5, 0.6) is 0 Å². The number of fused-ring (bicyclic) bond motifs is 1. The van der Waals surface area contributed by atoms with E-state index in [0.717, 1.165) is 21.1 Å². The molecule has 0 amide bonds. The number of nitrogens with zero attached hydrogens (tertiary/aromatic N) is 1. The van der Waals surface area contributed by atoms with Crippen molar-refractivity contribution in [1.29, 1.82) is 0 Å². The van der Waals surface area contributed by atoms with E-state index < -0.39 is 12.0 Å². The molecule has 1 heterocycles. The van der Waals surface area contributed by atoms with E-state index in [9.17, 15) is 4.79 Å². The van der Waals surface area contributed by atoms with Gasteiger partial charge in [0.05, 0.1) is 11.2 Å². The number of hydrogen-bond donors (Lipinski definition) is 2. The number of halogens is 1. The molecule has 2 rings (SSSR count). The van der Waals surface area contributed by atoms with Gasteiger partial charge in [-0.25, -0.2) is 4.79 Å². The summed E-state index contributed by atoms with van der Waals surface area (Å²) in [4.78, 5) is 15.4. The maximum absolute atomic E-state index is 11.0. The molecule has 94 valence electrons. The molecule has 0 radical (unpaired) electrons. The molecule has 5 heteroatoms. The number of nitrogens with one attached hydrogen (secondary N) is 1. The van der Waals surface area contributed by atoms with Crippen LogP contribution in [0.25, 0.3) is 10.9 Å². The molecule has 2 N–H and O–H groups in total. The van der Waals surface area contributed by atoms with Gasteiger partial charge in [0.25, 0.3) is 0 Å². The molecule has 1 aromatic heterocycles. The maximum atomic E-state index is 11.0. The summed E-state index contributed by atoms with van der Waals surface area (Å²) in [6.07, 6.45) is 2.22. The molecular weight excluding hydrogens is 296 g/mol. The van der Waals surface area contributed by atoms with Crippen molar-refractivity contribution in [3.05, 3.63) is 34.9 Å². The Balaban J connectivity index is 2.42. The van der Waals surface area contributed by atoms with Crippen LogP contribution in [0.15, 0.2) is 34.9 Å². The van der Waals surface area contributed by atoms with Gasteiger partial charge in [-0.2, -0.15) is 0 Å². The van der Waals surface area contributed by atoms with Gasteiger partial charge in [-0.05, 0) is 34.5 Å². The highest BCUT2D eigenvalue weighted by Gasteiger charge is 2.15. The predicted molar refractivity (Wildman–Crippen MR) is 74.8 cm³/mol. The van der Waals surface area contributed by atoms with Crippen LogP contribution >= 0.6 is 15.9 Å². The van der Waals surface area contributed by atoms with Gasteiger partial charge >= 0.3 is 5.97 Å². The van der Waals surface area contributed by atoms with Crippen LogP contribution in [0.3, 0.4) is 0 Å². The summed E-state index contributed by atoms with van der Waals surface area (Å²) in [5.41, 5.74) is 1.52. The molecule has 1 aromatic carbocycles. The van der Waals surface area contributed by atoms with Crippen molar-refractivity contribution in [3.8, 4) is 0 Å². The zero-order valence-electron chi connectivity index (χ0n) is 9.85. The Labute approximate surface area is 113 Å². The molecule has 2 aromatic rings. The first kappa shape index (κ1) is 12.8. The number of para-hydroxylation sites is 1. The van der Waals surface area contributed by atoms with Crippen LogP contribution in [0.2, 0.25) is 0 Å². The van der Waals surface area contributed by atoms with E-state index in [-0.39, 0.29) is 0 Å². The summed E-state index contributed by atoms with van der Waals surface area (Å²) in [6.45, 7) is 1.83. The van der Waals surface area contributed by atoms with Gasteiger partial charge in [0.2, 0.25) is 0 Å². The van der Waals surface area contributed by atoms with Gasteiger partial charge in [-0.15, -0.1) is 0 Å². The summed E-state index contributed by atoms with van der Waals surface area (Å²) >= 11 is 3.37. The van der Waals surface area contributed by atoms with E-state index in [0.29, 0.717) is 6.42 Å². The van der Waals surface area contributed by atoms with Crippen molar-refractivity contribution in [1.82, 2.24) is 4.98 Å². The van der Waals surface area contributed by atoms with Gasteiger partial charge in [0.15, 0.2) is 0 Å². The van der Waals surface area contributed by atoms with E-state index in [1.807, 2.05) is 31.2 Å². The second-order valence-corrected chi connectivity index (χ2v) is 4.89. The third-order valence-corrected chi connectivity index (χ3v) is 3.15. The first-order valence-electron chi connectivity index (χ1n) is 5.65. The molecule has 0 aliphatic rings. The van der Waals surface area contributed by atoms with Crippen molar-refractivity contribution in [2.24, 2.45) is 0 Å². The summed E-state index contributed by atoms with van der Waals surface area (Å²) in [6, 6.07) is 7.03. The Hall–Kier alpha value is -1.62. The molecule has 0 fully saturated rings. The zero-order chi connectivity index (χ0) is 13.1. The van der Waals surface area contributed by atoms with Crippen LogP contribution in [-0.2, 0) is 4.79 Å². The van der Waals surface area contributed by atoms with Gasteiger partial charge < -0.3 is 10.4 Å². The number of pyridine rings is 1. The summed E-state index contributed by atoms with van der Waals surface area (Å²) in [7, 11) is 0. The Morgan fingerprint density at radius 3 is 3.00 bits per heavy atom. The Bertz CT molecular complexity index is 586. The van der Waals surface area contributed by atoms with E-state index in [1.165, 1.54) is 0 Å². The van der Waals surface area contributed by atoms with Crippen LogP contribution in [0, 0.1) is 0 Å². The van der Waals surface area contributed by atoms with Crippen molar-refractivity contribution < 1.29 is 9.90 Å². The highest BCUT2D eigenvalue weighted by molar-refractivity contribution is 9.10. The Morgan fingerprint density at radius 2 is 2.33 bits per heavy atom. The van der Waals surface area contributed by atoms with Gasteiger partial charge in [-0.1, -0.05) is 19.1 Å². The van der Waals surface area contributed by atoms with Crippen LogP contribution < -0.4 is 5.32 Å². The molecule has 0 aliphatic carbocycles. The number of anilines is 1. The number of aromatic nitrogens is 1. The minimum absolute atomic E-state index is 0.516. The van der Waals surface area contributed by atoms with Crippen molar-refractivity contribution in [3.63, 3.8) is 0 Å².